The van der Waals surface area contributed by atoms with Crippen LogP contribution in [0.5, 0.6) is 0 Å². The van der Waals surface area contributed by atoms with Gasteiger partial charge in [-0.2, -0.15) is 0 Å². The molecule has 11 heavy (non-hydrogen) atoms. The Morgan fingerprint density at radius 3 is 2.55 bits per heavy atom. The van der Waals surface area contributed by atoms with Gasteiger partial charge < -0.3 is 8.85 Å². The van der Waals surface area contributed by atoms with Crippen LogP contribution in [0.3, 0.4) is 0 Å². The minimum Gasteiger partial charge on any atom is -0.394 e. The van der Waals surface area contributed by atoms with Crippen LogP contribution in [-0.2, 0) is 8.85 Å². The average molecular weight is 174 g/mol. The van der Waals surface area contributed by atoms with Gasteiger partial charge in [-0.25, -0.2) is 0 Å². The monoisotopic (exact) mass is 174 g/mol. The van der Waals surface area contributed by atoms with Gasteiger partial charge in [0.2, 0.25) is 0 Å². The molecular formula is C8H18O2Si. The molecule has 1 rings (SSSR count). The predicted molar refractivity (Wildman–Crippen MR) is 47.9 cm³/mol. The normalized spacial score (nSPS) is 36.0. The van der Waals surface area contributed by atoms with Crippen LogP contribution in [0.2, 0.25) is 11.6 Å². The molecule has 66 valence electrons. The molecule has 0 N–H and O–H groups in total. The van der Waals surface area contributed by atoms with Crippen molar-refractivity contribution >= 4 is 8.56 Å². The van der Waals surface area contributed by atoms with Crippen LogP contribution in [0.25, 0.3) is 0 Å². The fourth-order valence-corrected chi connectivity index (χ4v) is 3.90. The summed E-state index contributed by atoms with van der Waals surface area (Å²) < 4.78 is 11.4. The molecule has 0 radical (unpaired) electrons. The zero-order valence-corrected chi connectivity index (χ0v) is 8.94. The fraction of sp³-hybridized carbons (Fsp3) is 1.00. The molecule has 0 bridgehead atoms. The molecule has 0 aliphatic carbocycles. The van der Waals surface area contributed by atoms with Gasteiger partial charge in [0.15, 0.2) is 0 Å². The molecule has 1 heterocycles. The molecule has 1 aliphatic rings. The largest absolute Gasteiger partial charge is 0.394 e. The second-order valence-electron chi connectivity index (χ2n) is 3.86. The molecule has 1 aliphatic heterocycles. The summed E-state index contributed by atoms with van der Waals surface area (Å²) in [6, 6.07) is 0. The van der Waals surface area contributed by atoms with Gasteiger partial charge >= 0.3 is 8.56 Å². The Kier molecular flexibility index (Phi) is 2.42. The lowest BCUT2D eigenvalue weighted by atomic mass is 10.1. The van der Waals surface area contributed by atoms with Crippen molar-refractivity contribution in [1.29, 1.82) is 0 Å². The first-order valence-electron chi connectivity index (χ1n) is 4.30. The van der Waals surface area contributed by atoms with Crippen LogP contribution in [-0.4, -0.2) is 21.8 Å². The lowest BCUT2D eigenvalue weighted by Gasteiger charge is -2.32. The van der Waals surface area contributed by atoms with E-state index in [0.717, 1.165) is 19.6 Å². The van der Waals surface area contributed by atoms with Crippen LogP contribution in [0.1, 0.15) is 27.2 Å². The first kappa shape index (κ1) is 9.23. The fourth-order valence-electron chi connectivity index (χ4n) is 1.44. The maximum atomic E-state index is 5.72. The topological polar surface area (TPSA) is 18.5 Å². The van der Waals surface area contributed by atoms with E-state index in [1.54, 1.807) is 0 Å². The quantitative estimate of drug-likeness (QED) is 0.598. The highest BCUT2D eigenvalue weighted by Gasteiger charge is 2.51. The Hall–Kier alpha value is 0.137. The van der Waals surface area contributed by atoms with Crippen molar-refractivity contribution in [2.45, 2.75) is 38.8 Å². The van der Waals surface area contributed by atoms with Gasteiger partial charge in [0, 0.05) is 18.3 Å². The molecule has 1 unspecified atom stereocenters. The summed E-state index contributed by atoms with van der Waals surface area (Å²) >= 11 is 0. The number of hydrogen-bond acceptors (Lipinski definition) is 2. The molecular weight excluding hydrogens is 156 g/mol. The van der Waals surface area contributed by atoms with E-state index in [2.05, 4.69) is 20.4 Å². The molecule has 0 aromatic carbocycles. The average Bonchev–Trinajstić information content (AvgIpc) is 2.09. The SMILES string of the molecule is CCO[Si]1(C)OCCC1(C)C. The number of hydrogen-bond donors (Lipinski definition) is 0. The van der Waals surface area contributed by atoms with Crippen molar-refractivity contribution < 1.29 is 8.85 Å². The van der Waals surface area contributed by atoms with E-state index < -0.39 is 8.56 Å². The second-order valence-corrected chi connectivity index (χ2v) is 7.68. The summed E-state index contributed by atoms with van der Waals surface area (Å²) in [5.74, 6) is 0. The maximum absolute atomic E-state index is 5.72. The molecule has 1 saturated heterocycles. The van der Waals surface area contributed by atoms with Gasteiger partial charge in [0.25, 0.3) is 0 Å². The van der Waals surface area contributed by atoms with Crippen molar-refractivity contribution in [2.75, 3.05) is 13.2 Å². The molecule has 0 amide bonds. The first-order chi connectivity index (χ1) is 5.02. The van der Waals surface area contributed by atoms with Gasteiger partial charge in [-0.05, 0) is 19.9 Å². The van der Waals surface area contributed by atoms with Crippen LogP contribution in [0.15, 0.2) is 0 Å². The zero-order valence-electron chi connectivity index (χ0n) is 7.94. The summed E-state index contributed by atoms with van der Waals surface area (Å²) in [6.07, 6.45) is 1.15. The summed E-state index contributed by atoms with van der Waals surface area (Å²) in [4.78, 5) is 0. The van der Waals surface area contributed by atoms with Gasteiger partial charge in [-0.15, -0.1) is 0 Å². The first-order valence-corrected chi connectivity index (χ1v) is 6.61. The summed E-state index contributed by atoms with van der Waals surface area (Å²) in [5.41, 5.74) is 0. The molecule has 1 atom stereocenters. The summed E-state index contributed by atoms with van der Waals surface area (Å²) in [5, 5.41) is 0.295. The van der Waals surface area contributed by atoms with Crippen molar-refractivity contribution in [1.82, 2.24) is 0 Å². The Morgan fingerprint density at radius 1 is 1.55 bits per heavy atom. The molecule has 0 aromatic heterocycles. The van der Waals surface area contributed by atoms with Crippen LogP contribution in [0.4, 0.5) is 0 Å². The molecule has 3 heteroatoms. The molecule has 0 spiro atoms. The van der Waals surface area contributed by atoms with E-state index in [0.29, 0.717) is 5.04 Å². The van der Waals surface area contributed by atoms with Gasteiger partial charge in [0.05, 0.1) is 0 Å². The van der Waals surface area contributed by atoms with Crippen LogP contribution < -0.4 is 0 Å². The minimum atomic E-state index is -1.81. The van der Waals surface area contributed by atoms with Crippen molar-refractivity contribution in [3.63, 3.8) is 0 Å². The third-order valence-electron chi connectivity index (χ3n) is 2.75. The summed E-state index contributed by atoms with van der Waals surface area (Å²) in [6.45, 7) is 10.4. The van der Waals surface area contributed by atoms with Crippen LogP contribution in [0, 0.1) is 0 Å². The Balaban J connectivity index is 2.68. The van der Waals surface area contributed by atoms with Gasteiger partial charge in [-0.1, -0.05) is 13.8 Å². The third kappa shape index (κ3) is 1.50. The molecule has 0 aromatic rings. The van der Waals surface area contributed by atoms with E-state index >= 15 is 0 Å². The van der Waals surface area contributed by atoms with Crippen molar-refractivity contribution in [3.05, 3.63) is 0 Å². The second kappa shape index (κ2) is 2.88. The minimum absolute atomic E-state index is 0.295. The van der Waals surface area contributed by atoms with Crippen LogP contribution >= 0.6 is 0 Å². The van der Waals surface area contributed by atoms with E-state index in [1.165, 1.54) is 0 Å². The van der Waals surface area contributed by atoms with E-state index in [1.807, 2.05) is 6.92 Å². The Bertz CT molecular complexity index is 147. The highest BCUT2D eigenvalue weighted by molar-refractivity contribution is 6.69. The highest BCUT2D eigenvalue weighted by Crippen LogP contribution is 2.46. The van der Waals surface area contributed by atoms with E-state index in [4.69, 9.17) is 8.85 Å². The third-order valence-corrected chi connectivity index (χ3v) is 7.06. The molecule has 2 nitrogen and oxygen atoms in total. The van der Waals surface area contributed by atoms with Gasteiger partial charge in [0.1, 0.15) is 0 Å². The molecule has 1 fully saturated rings. The number of rotatable bonds is 2. The maximum Gasteiger partial charge on any atom is 0.340 e. The van der Waals surface area contributed by atoms with Crippen molar-refractivity contribution in [2.24, 2.45) is 0 Å². The predicted octanol–water partition coefficient (Wildman–Crippen LogP) is 2.30. The summed E-state index contributed by atoms with van der Waals surface area (Å²) in [7, 11) is -1.81. The van der Waals surface area contributed by atoms with E-state index in [9.17, 15) is 0 Å². The Morgan fingerprint density at radius 2 is 2.18 bits per heavy atom. The smallest absolute Gasteiger partial charge is 0.340 e. The molecule has 0 saturated carbocycles. The van der Waals surface area contributed by atoms with Crippen molar-refractivity contribution in [3.8, 4) is 0 Å². The standard InChI is InChI=1S/C8H18O2Si/c1-5-9-11(4)8(2,3)6-7-10-11/h5-7H2,1-4H3. The van der Waals surface area contributed by atoms with E-state index in [-0.39, 0.29) is 0 Å². The zero-order chi connectivity index (χ0) is 8.54. The lowest BCUT2D eigenvalue weighted by molar-refractivity contribution is 0.205. The highest BCUT2D eigenvalue weighted by atomic mass is 28.4. The van der Waals surface area contributed by atoms with Gasteiger partial charge in [-0.3, -0.25) is 0 Å². The lowest BCUT2D eigenvalue weighted by Crippen LogP contribution is -2.43. The Labute approximate surface area is 70.1 Å².